The Morgan fingerprint density at radius 3 is 2.93 bits per heavy atom. The Morgan fingerprint density at radius 2 is 2.29 bits per heavy atom. The third kappa shape index (κ3) is 2.12. The summed E-state index contributed by atoms with van der Waals surface area (Å²) >= 11 is 1.61. The molecule has 14 heavy (non-hydrogen) atoms. The van der Waals surface area contributed by atoms with Crippen LogP contribution in [0.15, 0.2) is 5.38 Å². The number of aromatic nitrogens is 1. The summed E-state index contributed by atoms with van der Waals surface area (Å²) in [4.78, 5) is 14.8. The normalized spacial score (nSPS) is 17.4. The fraction of sp³-hybridized carbons (Fsp3) is 0.600. The summed E-state index contributed by atoms with van der Waals surface area (Å²) < 4.78 is 0. The molecule has 0 aliphatic heterocycles. The van der Waals surface area contributed by atoms with Crippen LogP contribution in [-0.2, 0) is 11.2 Å². The number of rotatable bonds is 3. The van der Waals surface area contributed by atoms with Crippen molar-refractivity contribution in [2.45, 2.75) is 38.0 Å². The lowest BCUT2D eigenvalue weighted by Gasteiger charge is -2.02. The van der Waals surface area contributed by atoms with Crippen molar-refractivity contribution in [3.8, 4) is 0 Å². The van der Waals surface area contributed by atoms with Gasteiger partial charge < -0.3 is 5.11 Å². The molecule has 0 atom stereocenters. The maximum Gasteiger partial charge on any atom is 0.309 e. The van der Waals surface area contributed by atoms with Crippen molar-refractivity contribution in [2.75, 3.05) is 0 Å². The third-order valence-electron chi connectivity index (χ3n) is 2.61. The first-order chi connectivity index (χ1) is 6.75. The molecule has 1 aliphatic rings. The van der Waals surface area contributed by atoms with Gasteiger partial charge in [-0.2, -0.15) is 0 Å². The van der Waals surface area contributed by atoms with Gasteiger partial charge >= 0.3 is 5.97 Å². The highest BCUT2D eigenvalue weighted by Crippen LogP contribution is 2.35. The topological polar surface area (TPSA) is 50.2 Å². The molecule has 1 fully saturated rings. The van der Waals surface area contributed by atoms with E-state index in [2.05, 4.69) is 4.98 Å². The maximum absolute atomic E-state index is 10.5. The number of hydrogen-bond acceptors (Lipinski definition) is 3. The SMILES string of the molecule is O=C(O)Cc1csc(C2CCCC2)n1. The molecule has 76 valence electrons. The zero-order chi connectivity index (χ0) is 9.97. The lowest BCUT2D eigenvalue weighted by atomic mass is 10.1. The van der Waals surface area contributed by atoms with Crippen molar-refractivity contribution in [1.82, 2.24) is 4.98 Å². The third-order valence-corrected chi connectivity index (χ3v) is 3.66. The minimum atomic E-state index is -0.798. The largest absolute Gasteiger partial charge is 0.481 e. The van der Waals surface area contributed by atoms with Gasteiger partial charge in [0.15, 0.2) is 0 Å². The highest BCUT2D eigenvalue weighted by Gasteiger charge is 2.20. The molecule has 1 saturated carbocycles. The minimum absolute atomic E-state index is 0.0587. The molecule has 0 aromatic carbocycles. The van der Waals surface area contributed by atoms with Gasteiger partial charge in [0.25, 0.3) is 0 Å². The van der Waals surface area contributed by atoms with E-state index in [4.69, 9.17) is 5.11 Å². The molecule has 0 unspecified atom stereocenters. The van der Waals surface area contributed by atoms with Crippen molar-refractivity contribution < 1.29 is 9.90 Å². The van der Waals surface area contributed by atoms with Gasteiger partial charge in [-0.25, -0.2) is 4.98 Å². The first-order valence-corrected chi connectivity index (χ1v) is 5.80. The summed E-state index contributed by atoms with van der Waals surface area (Å²) in [6.07, 6.45) is 5.08. The van der Waals surface area contributed by atoms with Crippen LogP contribution in [-0.4, -0.2) is 16.1 Å². The quantitative estimate of drug-likeness (QED) is 0.835. The molecule has 2 rings (SSSR count). The van der Waals surface area contributed by atoms with Crippen molar-refractivity contribution >= 4 is 17.3 Å². The molecule has 1 aliphatic carbocycles. The van der Waals surface area contributed by atoms with Gasteiger partial charge in [-0.15, -0.1) is 11.3 Å². The summed E-state index contributed by atoms with van der Waals surface area (Å²) in [6.45, 7) is 0. The Balaban J connectivity index is 2.05. The summed E-state index contributed by atoms with van der Waals surface area (Å²) in [5, 5.41) is 11.6. The average Bonchev–Trinajstić information content (AvgIpc) is 2.69. The Bertz CT molecular complexity index is 329. The van der Waals surface area contributed by atoms with Gasteiger partial charge in [0, 0.05) is 11.3 Å². The predicted molar refractivity (Wildman–Crippen MR) is 54.7 cm³/mol. The minimum Gasteiger partial charge on any atom is -0.481 e. The van der Waals surface area contributed by atoms with Crippen LogP contribution in [0.25, 0.3) is 0 Å². The summed E-state index contributed by atoms with van der Waals surface area (Å²) in [5.41, 5.74) is 0.712. The number of aliphatic carboxylic acids is 1. The van der Waals surface area contributed by atoms with Crippen LogP contribution in [0, 0.1) is 0 Å². The highest BCUT2D eigenvalue weighted by atomic mass is 32.1. The monoisotopic (exact) mass is 211 g/mol. The van der Waals surface area contributed by atoms with E-state index < -0.39 is 5.97 Å². The summed E-state index contributed by atoms with van der Waals surface area (Å²) in [6, 6.07) is 0. The Kier molecular flexibility index (Phi) is 2.82. The second-order valence-corrected chi connectivity index (χ2v) is 4.62. The first kappa shape index (κ1) is 9.65. The first-order valence-electron chi connectivity index (χ1n) is 4.92. The van der Waals surface area contributed by atoms with Crippen LogP contribution in [0.4, 0.5) is 0 Å². The standard InChI is InChI=1S/C10H13NO2S/c12-9(13)5-8-6-14-10(11-8)7-3-1-2-4-7/h6-7H,1-5H2,(H,12,13). The average molecular weight is 211 g/mol. The molecule has 4 heteroatoms. The molecular formula is C10H13NO2S. The van der Waals surface area contributed by atoms with E-state index in [-0.39, 0.29) is 6.42 Å². The smallest absolute Gasteiger partial charge is 0.309 e. The van der Waals surface area contributed by atoms with E-state index in [1.54, 1.807) is 11.3 Å². The lowest BCUT2D eigenvalue weighted by Crippen LogP contribution is -2.01. The molecule has 0 saturated heterocycles. The van der Waals surface area contributed by atoms with E-state index in [1.165, 1.54) is 25.7 Å². The van der Waals surface area contributed by atoms with Crippen LogP contribution in [0.5, 0.6) is 0 Å². The number of hydrogen-bond donors (Lipinski definition) is 1. The zero-order valence-electron chi connectivity index (χ0n) is 7.90. The van der Waals surface area contributed by atoms with Gasteiger partial charge in [0.05, 0.1) is 17.1 Å². The Morgan fingerprint density at radius 1 is 1.57 bits per heavy atom. The Hall–Kier alpha value is -0.900. The number of carboxylic acid groups (broad SMARTS) is 1. The van der Waals surface area contributed by atoms with Crippen LogP contribution >= 0.6 is 11.3 Å². The second-order valence-electron chi connectivity index (χ2n) is 3.73. The number of carboxylic acids is 1. The molecule has 1 aromatic rings. The van der Waals surface area contributed by atoms with E-state index in [0.29, 0.717) is 11.6 Å². The van der Waals surface area contributed by atoms with Gasteiger partial charge in [-0.05, 0) is 12.8 Å². The molecule has 0 spiro atoms. The molecule has 0 bridgehead atoms. The van der Waals surface area contributed by atoms with E-state index in [0.717, 1.165) is 5.01 Å². The second kappa shape index (κ2) is 4.09. The molecule has 1 N–H and O–H groups in total. The molecule has 1 heterocycles. The van der Waals surface area contributed by atoms with E-state index >= 15 is 0 Å². The summed E-state index contributed by atoms with van der Waals surface area (Å²) in [5.74, 6) is -0.198. The zero-order valence-corrected chi connectivity index (χ0v) is 8.72. The molecule has 3 nitrogen and oxygen atoms in total. The number of carbonyl (C=O) groups is 1. The fourth-order valence-electron chi connectivity index (χ4n) is 1.92. The van der Waals surface area contributed by atoms with Crippen LogP contribution in [0.2, 0.25) is 0 Å². The highest BCUT2D eigenvalue weighted by molar-refractivity contribution is 7.09. The van der Waals surface area contributed by atoms with Crippen molar-refractivity contribution in [3.05, 3.63) is 16.1 Å². The molecule has 0 amide bonds. The summed E-state index contributed by atoms with van der Waals surface area (Å²) in [7, 11) is 0. The van der Waals surface area contributed by atoms with Gasteiger partial charge in [0.2, 0.25) is 0 Å². The predicted octanol–water partition coefficient (Wildman–Crippen LogP) is 2.43. The van der Waals surface area contributed by atoms with Crippen LogP contribution in [0.3, 0.4) is 0 Å². The molecular weight excluding hydrogens is 198 g/mol. The van der Waals surface area contributed by atoms with Crippen molar-refractivity contribution in [3.63, 3.8) is 0 Å². The number of thiazole rings is 1. The van der Waals surface area contributed by atoms with Crippen LogP contribution < -0.4 is 0 Å². The van der Waals surface area contributed by atoms with Gasteiger partial charge in [0.1, 0.15) is 0 Å². The van der Waals surface area contributed by atoms with Gasteiger partial charge in [-0.1, -0.05) is 12.8 Å². The Labute approximate surface area is 86.8 Å². The van der Waals surface area contributed by atoms with E-state index in [9.17, 15) is 4.79 Å². The van der Waals surface area contributed by atoms with Gasteiger partial charge in [-0.3, -0.25) is 4.79 Å². The fourth-order valence-corrected chi connectivity index (χ4v) is 2.91. The maximum atomic E-state index is 10.5. The van der Waals surface area contributed by atoms with Crippen molar-refractivity contribution in [1.29, 1.82) is 0 Å². The van der Waals surface area contributed by atoms with Crippen LogP contribution in [0.1, 0.15) is 42.3 Å². The van der Waals surface area contributed by atoms with Crippen molar-refractivity contribution in [2.24, 2.45) is 0 Å². The lowest BCUT2D eigenvalue weighted by molar-refractivity contribution is -0.136. The number of nitrogens with zero attached hydrogens (tertiary/aromatic N) is 1. The molecule has 1 aromatic heterocycles. The molecule has 0 radical (unpaired) electrons. The van der Waals surface area contributed by atoms with E-state index in [1.807, 2.05) is 5.38 Å².